The van der Waals surface area contributed by atoms with E-state index in [-0.39, 0.29) is 69.0 Å². The Kier molecular flexibility index (Phi) is 43.4. The molecule has 468 valence electrons. The van der Waals surface area contributed by atoms with Gasteiger partial charge in [0.2, 0.25) is 30.1 Å². The zero-order chi connectivity index (χ0) is 61.3. The minimum absolute atomic E-state index is 0. The average Bonchev–Trinajstić information content (AvgIpc) is 4.19. The minimum Gasteiger partial charge on any atom is -0.494 e. The molecule has 7 rings (SSSR count). The van der Waals surface area contributed by atoms with Crippen LogP contribution in [-0.2, 0) is 34.8 Å². The van der Waals surface area contributed by atoms with Gasteiger partial charge >= 0.3 is 18.9 Å². The Balaban J connectivity index is 0. The van der Waals surface area contributed by atoms with Crippen molar-refractivity contribution in [1.82, 2.24) is 0 Å². The van der Waals surface area contributed by atoms with Gasteiger partial charge in [-0.05, 0) is 139 Å². The van der Waals surface area contributed by atoms with Gasteiger partial charge < -0.3 is 36.1 Å². The van der Waals surface area contributed by atoms with Crippen LogP contribution in [0.15, 0.2) is 147 Å². The van der Waals surface area contributed by atoms with E-state index in [1.54, 1.807) is 60.7 Å². The van der Waals surface area contributed by atoms with E-state index < -0.39 is 42.3 Å². The third kappa shape index (κ3) is 32.7. The largest absolute Gasteiger partial charge is 1.00 e. The summed E-state index contributed by atoms with van der Waals surface area (Å²) in [5.74, 6) is 2.40. The molecule has 1 aliphatic rings. The Morgan fingerprint density at radius 2 is 0.824 bits per heavy atom. The second kappa shape index (κ2) is 44.4. The molecule has 2 atom stereocenters. The van der Waals surface area contributed by atoms with Crippen molar-refractivity contribution in [2.24, 2.45) is 15.4 Å². The number of primary sulfonamides is 3. The summed E-state index contributed by atoms with van der Waals surface area (Å²) in [6.45, 7) is 16.2. The Morgan fingerprint density at radius 3 is 1.09 bits per heavy atom. The van der Waals surface area contributed by atoms with Gasteiger partial charge in [-0.15, -0.1) is 0 Å². The monoisotopic (exact) mass is 1350 g/mol. The van der Waals surface area contributed by atoms with E-state index >= 15 is 0 Å². The zero-order valence-electron chi connectivity index (χ0n) is 47.5. The molecule has 0 aromatic heterocycles. The van der Waals surface area contributed by atoms with Gasteiger partial charge in [0.25, 0.3) is 0 Å². The van der Waals surface area contributed by atoms with E-state index in [1.165, 1.54) is 62.1 Å². The molecule has 1 fully saturated rings. The number of aldehydes is 1. The molecule has 0 bridgehead atoms. The number of unbranched alkanes of at least 4 members (excludes halogenated alkanes) is 4. The van der Waals surface area contributed by atoms with Crippen LogP contribution in [0.1, 0.15) is 152 Å². The first kappa shape index (κ1) is 83.0. The van der Waals surface area contributed by atoms with Crippen molar-refractivity contribution >= 4 is 87.1 Å². The number of carbonyl (C=O) groups is 1. The zero-order valence-corrected chi connectivity index (χ0v) is 53.8. The standard InChI is InChI=1S/2C17H20ClNO4S.C10H13BrO.C7H6ClNO3S.C4H8O.C4H9.2CH4.Li/c2*1-2-3-10-23-14-7-4-12(5-8-14)17(20)13-6-9-15(18)16(11-13)24(19,21)22;1-2-3-8-12-10-6-4-9(11)5-7-10;8-6-2-1-5(4-10)3-7(6)13(9,11)12;1-2-4-5-3-1;1-3-4-2;;;/h2*4-9,11,17,20H,2-3,10H2,1H3,(H2,19,21,22);4-7H,2-3,8H2,1H3;1-4H,(H2,9,11,12);1-4H2;1,3-4H2,2H3;2*1H4;/q;;;;;-1;;;+1. The van der Waals surface area contributed by atoms with Crippen LogP contribution in [0, 0.1) is 6.92 Å². The summed E-state index contributed by atoms with van der Waals surface area (Å²) in [4.78, 5) is 9.66. The number of carbonyl (C=O) groups excluding carboxylic acids is 1. The van der Waals surface area contributed by atoms with Gasteiger partial charge in [0.15, 0.2) is 0 Å². The molecular weight excluding hydrogens is 1270 g/mol. The van der Waals surface area contributed by atoms with Crippen molar-refractivity contribution in [1.29, 1.82) is 0 Å². The summed E-state index contributed by atoms with van der Waals surface area (Å²) in [5.41, 5.74) is 2.22. The summed E-state index contributed by atoms with van der Waals surface area (Å²) in [5, 5.41) is 36.1. The Hall–Kier alpha value is -4.05. The number of hydrogen-bond acceptors (Lipinski definition) is 13. The van der Waals surface area contributed by atoms with Crippen molar-refractivity contribution in [3.8, 4) is 17.2 Å². The second-order valence-corrected chi connectivity index (χ2v) is 24.7. The number of aliphatic hydroxyl groups excluding tert-OH is 2. The molecule has 6 aromatic carbocycles. The fourth-order valence-electron chi connectivity index (χ4n) is 6.55. The number of benzene rings is 6. The van der Waals surface area contributed by atoms with Gasteiger partial charge in [-0.1, -0.05) is 161 Å². The molecule has 1 saturated heterocycles. The molecule has 1 heterocycles. The molecule has 1 aliphatic heterocycles. The third-order valence-electron chi connectivity index (χ3n) is 11.2. The van der Waals surface area contributed by atoms with Crippen molar-refractivity contribution in [2.45, 2.75) is 134 Å². The Labute approximate surface area is 541 Å². The Morgan fingerprint density at radius 1 is 0.529 bits per heavy atom. The smallest absolute Gasteiger partial charge is 0.494 e. The fourth-order valence-corrected chi connectivity index (χ4v) is 10.1. The average molecular weight is 1360 g/mol. The van der Waals surface area contributed by atoms with Crippen LogP contribution in [0.5, 0.6) is 17.2 Å². The molecule has 0 amide bonds. The van der Waals surface area contributed by atoms with Gasteiger partial charge in [-0.3, -0.25) is 4.79 Å². The fraction of sp³-hybridized carbons (Fsp3) is 0.377. The molecule has 6 aromatic rings. The van der Waals surface area contributed by atoms with Crippen molar-refractivity contribution < 1.29 is 78.1 Å². The molecule has 85 heavy (non-hydrogen) atoms. The summed E-state index contributed by atoms with van der Waals surface area (Å²) in [6, 6.07) is 34.3. The predicted octanol–water partition coefficient (Wildman–Crippen LogP) is 11.6. The summed E-state index contributed by atoms with van der Waals surface area (Å²) < 4.78 is 90.6. The quantitative estimate of drug-likeness (QED) is 0.0194. The summed E-state index contributed by atoms with van der Waals surface area (Å²) >= 11 is 20.6. The topological polar surface area (TPSA) is 275 Å². The van der Waals surface area contributed by atoms with E-state index in [9.17, 15) is 40.3 Å². The minimum atomic E-state index is -3.95. The van der Waals surface area contributed by atoms with Crippen LogP contribution in [0.4, 0.5) is 0 Å². The number of halogens is 4. The first-order valence-corrected chi connectivity index (χ1v) is 32.9. The molecule has 24 heteroatoms. The second-order valence-electron chi connectivity index (χ2n) is 18.0. The molecule has 0 aliphatic carbocycles. The van der Waals surface area contributed by atoms with E-state index in [0.717, 1.165) is 86.1 Å². The van der Waals surface area contributed by atoms with Crippen molar-refractivity contribution in [2.75, 3.05) is 33.0 Å². The van der Waals surface area contributed by atoms with E-state index in [0.29, 0.717) is 41.8 Å². The van der Waals surface area contributed by atoms with Gasteiger partial charge in [-0.25, -0.2) is 40.7 Å². The maximum atomic E-state index is 11.5. The van der Waals surface area contributed by atoms with Crippen LogP contribution in [0.3, 0.4) is 0 Å². The normalized spacial score (nSPS) is 12.1. The molecule has 8 N–H and O–H groups in total. The van der Waals surface area contributed by atoms with Crippen molar-refractivity contribution in [3.05, 3.63) is 182 Å². The maximum absolute atomic E-state index is 11.5. The predicted molar refractivity (Wildman–Crippen MR) is 344 cm³/mol. The molecular formula is C61H84BrCl3LiN3O13S3. The van der Waals surface area contributed by atoms with Crippen LogP contribution in [-0.4, -0.2) is 74.8 Å². The van der Waals surface area contributed by atoms with Crippen LogP contribution >= 0.6 is 50.7 Å². The number of hydrogen-bond donors (Lipinski definition) is 5. The van der Waals surface area contributed by atoms with Crippen LogP contribution in [0.2, 0.25) is 15.1 Å². The van der Waals surface area contributed by atoms with Gasteiger partial charge in [0.1, 0.15) is 50.4 Å². The molecule has 0 spiro atoms. The van der Waals surface area contributed by atoms with Crippen molar-refractivity contribution in [3.63, 3.8) is 0 Å². The Bertz CT molecular complexity index is 3020. The first-order chi connectivity index (χ1) is 38.8. The third-order valence-corrected chi connectivity index (χ3v) is 15.9. The SMILES string of the molecule is C.C.C1CCOC1.CCCCOc1ccc(Br)cc1.CCCCOc1ccc(C(O)c2ccc(Cl)c(S(N)(=O)=O)c2)cc1.CCCCOc1ccc(C(O)c2ccc(Cl)c(S(N)(=O)=O)c2)cc1.NS(=O)(=O)c1cc(C=O)ccc1Cl.[CH2-]CCC.[Li+]. The molecule has 16 nitrogen and oxygen atoms in total. The van der Waals surface area contributed by atoms with Crippen LogP contribution < -0.4 is 48.5 Å². The number of sulfonamides is 3. The summed E-state index contributed by atoms with van der Waals surface area (Å²) in [6.07, 6.45) is 9.73. The van der Waals surface area contributed by atoms with E-state index in [2.05, 4.69) is 50.5 Å². The molecule has 0 saturated carbocycles. The van der Waals surface area contributed by atoms with Crippen LogP contribution in [0.25, 0.3) is 0 Å². The van der Waals surface area contributed by atoms with E-state index in [4.69, 9.17) is 69.2 Å². The molecule has 0 radical (unpaired) electrons. The number of ether oxygens (including phenoxy) is 4. The van der Waals surface area contributed by atoms with Gasteiger partial charge in [0, 0.05) is 23.2 Å². The first-order valence-electron chi connectivity index (χ1n) is 26.3. The number of rotatable bonds is 21. The van der Waals surface area contributed by atoms with Gasteiger partial charge in [-0.2, -0.15) is 6.42 Å². The number of nitrogens with two attached hydrogens (primary N) is 3. The maximum Gasteiger partial charge on any atom is 1.00 e. The number of aliphatic hydroxyl groups is 2. The molecule has 2 unspecified atom stereocenters. The summed E-state index contributed by atoms with van der Waals surface area (Å²) in [7, 11) is -11.8. The van der Waals surface area contributed by atoms with E-state index in [1.807, 2.05) is 24.3 Å². The van der Waals surface area contributed by atoms with Gasteiger partial charge in [0.05, 0.1) is 34.9 Å².